The van der Waals surface area contributed by atoms with Gasteiger partial charge in [-0.2, -0.15) is 13.2 Å². The van der Waals surface area contributed by atoms with Gasteiger partial charge in [-0.05, 0) is 17.7 Å². The summed E-state index contributed by atoms with van der Waals surface area (Å²) in [6, 6.07) is 6.08. The maximum Gasteiger partial charge on any atom is 0.447 e. The van der Waals surface area contributed by atoms with Crippen LogP contribution in [0.25, 0.3) is 0 Å². The number of benzene rings is 1. The minimum atomic E-state index is -4.66. The van der Waals surface area contributed by atoms with Crippen molar-refractivity contribution >= 4 is 0 Å². The molecule has 0 spiro atoms. The molecule has 1 aliphatic heterocycles. The van der Waals surface area contributed by atoms with Gasteiger partial charge in [0.05, 0.1) is 19.8 Å². The largest absolute Gasteiger partial charge is 0.488 e. The van der Waals surface area contributed by atoms with Gasteiger partial charge in [-0.15, -0.1) is 0 Å². The highest BCUT2D eigenvalue weighted by Gasteiger charge is 2.61. The molecule has 1 aromatic rings. The van der Waals surface area contributed by atoms with E-state index in [2.05, 4.69) is 9.47 Å². The summed E-state index contributed by atoms with van der Waals surface area (Å²) >= 11 is 0. The second-order valence-corrected chi connectivity index (χ2v) is 4.04. The van der Waals surface area contributed by atoms with E-state index in [-0.39, 0.29) is 25.6 Å². The number of hydrogen-bond donors (Lipinski definition) is 1. The van der Waals surface area contributed by atoms with E-state index in [1.165, 1.54) is 12.1 Å². The van der Waals surface area contributed by atoms with Crippen LogP contribution in [-0.2, 0) is 16.1 Å². The quantitative estimate of drug-likeness (QED) is 0.913. The summed E-state index contributed by atoms with van der Waals surface area (Å²) in [5, 5.41) is 8.85. The fourth-order valence-electron chi connectivity index (χ4n) is 1.65. The third-order valence-corrected chi connectivity index (χ3v) is 2.72. The first-order valence-corrected chi connectivity index (χ1v) is 5.64. The first kappa shape index (κ1) is 14.1. The lowest BCUT2D eigenvalue weighted by atomic mass is 10.2. The lowest BCUT2D eigenvalue weighted by Gasteiger charge is -2.29. The van der Waals surface area contributed by atoms with Gasteiger partial charge >= 0.3 is 12.0 Å². The molecule has 4 nitrogen and oxygen atoms in total. The van der Waals surface area contributed by atoms with E-state index in [0.717, 1.165) is 0 Å². The number of rotatable bonds is 4. The predicted octanol–water partition coefficient (Wildman–Crippen LogP) is 1.86. The molecular formula is C12H13F3O4. The van der Waals surface area contributed by atoms with Gasteiger partial charge in [-0.3, -0.25) is 0 Å². The van der Waals surface area contributed by atoms with Crippen LogP contribution in [0, 0.1) is 0 Å². The topological polar surface area (TPSA) is 47.9 Å². The van der Waals surface area contributed by atoms with Crippen LogP contribution in [0.4, 0.5) is 13.2 Å². The SMILES string of the molecule is OCc1ccc(OCC2(C(F)(F)F)OCCO2)cc1. The number of hydrogen-bond acceptors (Lipinski definition) is 4. The number of halogens is 3. The molecule has 1 saturated heterocycles. The smallest absolute Gasteiger partial charge is 0.447 e. The second kappa shape index (κ2) is 5.36. The van der Waals surface area contributed by atoms with Gasteiger partial charge in [0.2, 0.25) is 0 Å². The van der Waals surface area contributed by atoms with Crippen LogP contribution >= 0.6 is 0 Å². The Balaban J connectivity index is 2.03. The highest BCUT2D eigenvalue weighted by atomic mass is 19.4. The molecule has 0 aromatic heterocycles. The average molecular weight is 278 g/mol. The van der Waals surface area contributed by atoms with Crippen LogP contribution in [0.3, 0.4) is 0 Å². The minimum absolute atomic E-state index is 0.119. The summed E-state index contributed by atoms with van der Waals surface area (Å²) in [5.74, 6) is -2.44. The molecule has 1 heterocycles. The van der Waals surface area contributed by atoms with Crippen LogP contribution < -0.4 is 4.74 Å². The van der Waals surface area contributed by atoms with Crippen LogP contribution in [0.2, 0.25) is 0 Å². The van der Waals surface area contributed by atoms with E-state index >= 15 is 0 Å². The normalized spacial score (nSPS) is 18.5. The molecule has 0 radical (unpaired) electrons. The maximum atomic E-state index is 12.9. The number of ether oxygens (including phenoxy) is 3. The van der Waals surface area contributed by atoms with Gasteiger partial charge in [-0.25, -0.2) is 0 Å². The van der Waals surface area contributed by atoms with Crippen molar-refractivity contribution in [2.24, 2.45) is 0 Å². The zero-order chi connectivity index (χ0) is 13.9. The van der Waals surface area contributed by atoms with Crippen molar-refractivity contribution in [1.29, 1.82) is 0 Å². The summed E-state index contributed by atoms with van der Waals surface area (Å²) in [6.45, 7) is -1.15. The fourth-order valence-corrected chi connectivity index (χ4v) is 1.65. The molecule has 106 valence electrons. The Bertz CT molecular complexity index is 410. The van der Waals surface area contributed by atoms with E-state index < -0.39 is 18.6 Å². The molecule has 0 atom stereocenters. The summed E-state index contributed by atoms with van der Waals surface area (Å²) in [7, 11) is 0. The lowest BCUT2D eigenvalue weighted by molar-refractivity contribution is -0.350. The Kier molecular flexibility index (Phi) is 3.98. The summed E-state index contributed by atoms with van der Waals surface area (Å²) in [4.78, 5) is 0. The van der Waals surface area contributed by atoms with Gasteiger partial charge in [0, 0.05) is 0 Å². The van der Waals surface area contributed by atoms with Crippen LogP contribution in [0.5, 0.6) is 5.75 Å². The first-order chi connectivity index (χ1) is 8.97. The predicted molar refractivity (Wildman–Crippen MR) is 58.5 cm³/mol. The lowest BCUT2D eigenvalue weighted by Crippen LogP contribution is -2.51. The van der Waals surface area contributed by atoms with E-state index in [1.54, 1.807) is 12.1 Å². The third-order valence-electron chi connectivity index (χ3n) is 2.72. The van der Waals surface area contributed by atoms with Crippen molar-refractivity contribution in [3.05, 3.63) is 29.8 Å². The Morgan fingerprint density at radius 3 is 2.21 bits per heavy atom. The van der Waals surface area contributed by atoms with Crippen molar-refractivity contribution in [3.8, 4) is 5.75 Å². The number of aliphatic hydroxyl groups excluding tert-OH is 1. The summed E-state index contributed by atoms with van der Waals surface area (Å²) in [6.07, 6.45) is -4.66. The monoisotopic (exact) mass is 278 g/mol. The van der Waals surface area contributed by atoms with Crippen molar-refractivity contribution < 1.29 is 32.5 Å². The van der Waals surface area contributed by atoms with Crippen LogP contribution in [-0.4, -0.2) is 36.9 Å². The molecule has 0 unspecified atom stereocenters. The molecular weight excluding hydrogens is 265 g/mol. The van der Waals surface area contributed by atoms with Crippen molar-refractivity contribution in [2.75, 3.05) is 19.8 Å². The van der Waals surface area contributed by atoms with Gasteiger partial charge in [0.25, 0.3) is 0 Å². The Morgan fingerprint density at radius 2 is 1.74 bits per heavy atom. The maximum absolute atomic E-state index is 12.9. The third kappa shape index (κ3) is 2.99. The zero-order valence-corrected chi connectivity index (χ0v) is 9.94. The molecule has 2 rings (SSSR count). The average Bonchev–Trinajstić information content (AvgIpc) is 2.86. The molecule has 1 fully saturated rings. The molecule has 0 bridgehead atoms. The molecule has 0 amide bonds. The van der Waals surface area contributed by atoms with E-state index in [4.69, 9.17) is 9.84 Å². The Hall–Kier alpha value is -1.31. The van der Waals surface area contributed by atoms with Crippen LogP contribution in [0.15, 0.2) is 24.3 Å². The molecule has 1 aliphatic rings. The van der Waals surface area contributed by atoms with Crippen molar-refractivity contribution in [2.45, 2.75) is 18.6 Å². The highest BCUT2D eigenvalue weighted by Crippen LogP contribution is 2.38. The minimum Gasteiger partial charge on any atom is -0.488 e. The molecule has 1 aromatic carbocycles. The highest BCUT2D eigenvalue weighted by molar-refractivity contribution is 5.26. The van der Waals surface area contributed by atoms with Crippen molar-refractivity contribution in [3.63, 3.8) is 0 Å². The number of aliphatic hydroxyl groups is 1. The molecule has 7 heteroatoms. The van der Waals surface area contributed by atoms with Crippen LogP contribution in [0.1, 0.15) is 5.56 Å². The summed E-state index contributed by atoms with van der Waals surface area (Å²) < 4.78 is 53.0. The first-order valence-electron chi connectivity index (χ1n) is 5.64. The molecule has 1 N–H and O–H groups in total. The zero-order valence-electron chi connectivity index (χ0n) is 9.94. The standard InChI is InChI=1S/C12H13F3O4/c13-12(14,15)11(18-5-6-19-11)8-17-10-3-1-9(7-16)2-4-10/h1-4,16H,5-8H2. The fraction of sp³-hybridized carbons (Fsp3) is 0.500. The van der Waals surface area contributed by atoms with E-state index in [1.807, 2.05) is 0 Å². The van der Waals surface area contributed by atoms with Gasteiger partial charge in [0.15, 0.2) is 6.61 Å². The van der Waals surface area contributed by atoms with E-state index in [0.29, 0.717) is 5.56 Å². The molecule has 0 aliphatic carbocycles. The second-order valence-electron chi connectivity index (χ2n) is 4.04. The van der Waals surface area contributed by atoms with Gasteiger partial charge < -0.3 is 19.3 Å². The Labute approximate surface area is 107 Å². The number of alkyl halides is 3. The summed E-state index contributed by atoms with van der Waals surface area (Å²) in [5.41, 5.74) is 0.645. The van der Waals surface area contributed by atoms with E-state index in [9.17, 15) is 13.2 Å². The van der Waals surface area contributed by atoms with Gasteiger partial charge in [0.1, 0.15) is 5.75 Å². The van der Waals surface area contributed by atoms with Crippen molar-refractivity contribution in [1.82, 2.24) is 0 Å². The molecule has 0 saturated carbocycles. The Morgan fingerprint density at radius 1 is 1.16 bits per heavy atom. The molecule has 19 heavy (non-hydrogen) atoms. The van der Waals surface area contributed by atoms with Gasteiger partial charge in [-0.1, -0.05) is 12.1 Å².